The van der Waals surface area contributed by atoms with Gasteiger partial charge in [-0.2, -0.15) is 0 Å². The Morgan fingerprint density at radius 2 is 2.00 bits per heavy atom. The normalized spacial score (nSPS) is 10.7. The summed E-state index contributed by atoms with van der Waals surface area (Å²) in [6.07, 6.45) is 0. The third kappa shape index (κ3) is 2.35. The van der Waals surface area contributed by atoms with Crippen molar-refractivity contribution in [1.29, 1.82) is 0 Å². The van der Waals surface area contributed by atoms with Gasteiger partial charge in [-0.05, 0) is 18.2 Å². The lowest BCUT2D eigenvalue weighted by molar-refractivity contribution is -0.384. The van der Waals surface area contributed by atoms with Crippen LogP contribution in [0.25, 0.3) is 10.9 Å². The van der Waals surface area contributed by atoms with Crippen molar-refractivity contribution in [2.45, 2.75) is 0 Å². The molecule has 8 heteroatoms. The summed E-state index contributed by atoms with van der Waals surface area (Å²) in [6.45, 7) is 0. The molecule has 3 aromatic rings. The number of aromatic amines is 1. The maximum atomic E-state index is 12.8. The Hall–Kier alpha value is -3.42. The van der Waals surface area contributed by atoms with Gasteiger partial charge in [-0.25, -0.2) is 4.68 Å². The van der Waals surface area contributed by atoms with Gasteiger partial charge in [-0.15, -0.1) is 0 Å². The van der Waals surface area contributed by atoms with E-state index in [1.807, 2.05) is 0 Å². The summed E-state index contributed by atoms with van der Waals surface area (Å²) in [5, 5.41) is 16.6. The molecule has 0 amide bonds. The van der Waals surface area contributed by atoms with Crippen LogP contribution in [0.4, 0.5) is 11.4 Å². The molecule has 0 saturated carbocycles. The number of para-hydroxylation sites is 1. The van der Waals surface area contributed by atoms with E-state index in [0.717, 1.165) is 4.68 Å². The van der Waals surface area contributed by atoms with E-state index in [2.05, 4.69) is 10.4 Å². The molecule has 116 valence electrons. The second-order valence-corrected chi connectivity index (χ2v) is 4.84. The zero-order chi connectivity index (χ0) is 16.6. The minimum Gasteiger partial charge on any atom is -0.387 e. The average molecular weight is 312 g/mol. The number of carbonyl (C=O) groups excluding carboxylic acids is 1. The van der Waals surface area contributed by atoms with Crippen LogP contribution in [0.3, 0.4) is 0 Å². The quantitative estimate of drug-likeness (QED) is 0.567. The van der Waals surface area contributed by atoms with Gasteiger partial charge in [0.1, 0.15) is 0 Å². The van der Waals surface area contributed by atoms with Gasteiger partial charge in [0.25, 0.3) is 17.2 Å². The van der Waals surface area contributed by atoms with E-state index < -0.39 is 16.4 Å². The Kier molecular flexibility index (Phi) is 3.41. The molecular formula is C15H12N4O4. The number of carbonyl (C=O) groups is 1. The predicted octanol–water partition coefficient (Wildman–Crippen LogP) is 1.97. The number of H-pyrrole nitrogens is 1. The summed E-state index contributed by atoms with van der Waals surface area (Å²) in [5.74, 6) is -0.559. The van der Waals surface area contributed by atoms with Crippen LogP contribution in [0.1, 0.15) is 10.4 Å². The fraction of sp³-hybridized carbons (Fsp3) is 0.0667. The third-order valence-electron chi connectivity index (χ3n) is 3.52. The van der Waals surface area contributed by atoms with Gasteiger partial charge < -0.3 is 5.32 Å². The minimum absolute atomic E-state index is 0.0960. The van der Waals surface area contributed by atoms with Gasteiger partial charge >= 0.3 is 0 Å². The van der Waals surface area contributed by atoms with Crippen LogP contribution in [0.15, 0.2) is 47.3 Å². The van der Waals surface area contributed by atoms with Gasteiger partial charge in [0, 0.05) is 24.9 Å². The van der Waals surface area contributed by atoms with Crippen molar-refractivity contribution in [2.75, 3.05) is 12.4 Å². The van der Waals surface area contributed by atoms with Gasteiger partial charge in [0.05, 0.1) is 21.4 Å². The van der Waals surface area contributed by atoms with E-state index in [4.69, 9.17) is 0 Å². The first-order chi connectivity index (χ1) is 11.0. The summed E-state index contributed by atoms with van der Waals surface area (Å²) in [5.41, 5.74) is 0.338. The molecule has 1 heterocycles. The summed E-state index contributed by atoms with van der Waals surface area (Å²) in [7, 11) is 1.61. The molecule has 0 bridgehead atoms. The second kappa shape index (κ2) is 5.41. The van der Waals surface area contributed by atoms with Crippen molar-refractivity contribution >= 4 is 28.2 Å². The number of nitrogens with zero attached hydrogens (tertiary/aromatic N) is 2. The highest BCUT2D eigenvalue weighted by molar-refractivity contribution is 6.05. The highest BCUT2D eigenvalue weighted by Gasteiger charge is 2.20. The van der Waals surface area contributed by atoms with Gasteiger partial charge in [0.2, 0.25) is 0 Å². The molecule has 3 rings (SSSR count). The van der Waals surface area contributed by atoms with E-state index in [1.54, 1.807) is 31.3 Å². The van der Waals surface area contributed by atoms with E-state index in [0.29, 0.717) is 16.6 Å². The number of hydrogen-bond donors (Lipinski definition) is 2. The number of nitrogens with one attached hydrogen (secondary N) is 2. The average Bonchev–Trinajstić information content (AvgIpc) is 2.91. The van der Waals surface area contributed by atoms with Crippen molar-refractivity contribution in [3.63, 3.8) is 0 Å². The molecule has 0 spiro atoms. The Bertz CT molecular complexity index is 987. The highest BCUT2D eigenvalue weighted by atomic mass is 16.6. The van der Waals surface area contributed by atoms with E-state index in [1.165, 1.54) is 18.2 Å². The largest absolute Gasteiger partial charge is 0.387 e. The fourth-order valence-electron chi connectivity index (χ4n) is 2.40. The number of benzene rings is 2. The van der Waals surface area contributed by atoms with E-state index >= 15 is 0 Å². The number of nitro benzene ring substituents is 1. The van der Waals surface area contributed by atoms with Crippen LogP contribution in [0.2, 0.25) is 0 Å². The zero-order valence-electron chi connectivity index (χ0n) is 12.1. The van der Waals surface area contributed by atoms with Gasteiger partial charge in [-0.3, -0.25) is 24.8 Å². The first kappa shape index (κ1) is 14.5. The molecule has 0 unspecified atom stereocenters. The van der Waals surface area contributed by atoms with Crippen LogP contribution in [0.5, 0.6) is 0 Å². The maximum absolute atomic E-state index is 12.8. The molecule has 23 heavy (non-hydrogen) atoms. The highest BCUT2D eigenvalue weighted by Crippen LogP contribution is 2.23. The lowest BCUT2D eigenvalue weighted by Crippen LogP contribution is -2.17. The number of nitro groups is 1. The Morgan fingerprint density at radius 3 is 2.70 bits per heavy atom. The SMILES string of the molecule is CNc1ccc([N+](=O)[O-])cc1C(=O)n1[nH]c(=O)c2ccccc21. The van der Waals surface area contributed by atoms with Crippen LogP contribution >= 0.6 is 0 Å². The van der Waals surface area contributed by atoms with Crippen molar-refractivity contribution in [1.82, 2.24) is 9.78 Å². The lowest BCUT2D eigenvalue weighted by Gasteiger charge is -2.09. The van der Waals surface area contributed by atoms with Crippen LogP contribution in [0, 0.1) is 10.1 Å². The standard InChI is InChI=1S/C15H12N4O4/c1-16-12-7-6-9(19(22)23)8-11(12)15(21)18-13-5-3-2-4-10(13)14(20)17-18/h2-8,16H,1H3,(H,17,20). The smallest absolute Gasteiger partial charge is 0.279 e. The Morgan fingerprint density at radius 1 is 1.26 bits per heavy atom. The molecule has 1 aromatic heterocycles. The number of fused-ring (bicyclic) bond motifs is 1. The third-order valence-corrected chi connectivity index (χ3v) is 3.52. The van der Waals surface area contributed by atoms with Crippen molar-refractivity contribution in [2.24, 2.45) is 0 Å². The maximum Gasteiger partial charge on any atom is 0.279 e. The predicted molar refractivity (Wildman–Crippen MR) is 84.9 cm³/mol. The first-order valence-corrected chi connectivity index (χ1v) is 6.73. The number of hydrogen-bond acceptors (Lipinski definition) is 5. The summed E-state index contributed by atoms with van der Waals surface area (Å²) in [6, 6.07) is 10.6. The van der Waals surface area contributed by atoms with Crippen molar-refractivity contribution in [3.8, 4) is 0 Å². The minimum atomic E-state index is -0.577. The molecular weight excluding hydrogens is 300 g/mol. The molecule has 2 N–H and O–H groups in total. The van der Waals surface area contributed by atoms with Crippen LogP contribution < -0.4 is 10.9 Å². The monoisotopic (exact) mass is 312 g/mol. The topological polar surface area (TPSA) is 110 Å². The molecule has 0 saturated heterocycles. The summed E-state index contributed by atoms with van der Waals surface area (Å²) in [4.78, 5) is 35.0. The fourth-order valence-corrected chi connectivity index (χ4v) is 2.40. The second-order valence-electron chi connectivity index (χ2n) is 4.84. The Labute approximate surface area is 129 Å². The number of non-ortho nitro benzene ring substituents is 1. The van der Waals surface area contributed by atoms with E-state index in [9.17, 15) is 19.7 Å². The molecule has 0 atom stereocenters. The van der Waals surface area contributed by atoms with Crippen molar-refractivity contribution < 1.29 is 9.72 Å². The molecule has 0 aliphatic heterocycles. The van der Waals surface area contributed by atoms with Gasteiger partial charge in [-0.1, -0.05) is 12.1 Å². The molecule has 2 aromatic carbocycles. The molecule has 0 aliphatic carbocycles. The Balaban J connectivity index is 2.21. The van der Waals surface area contributed by atoms with Crippen molar-refractivity contribution in [3.05, 3.63) is 68.5 Å². The van der Waals surface area contributed by atoms with Gasteiger partial charge in [0.15, 0.2) is 0 Å². The number of aromatic nitrogens is 2. The number of anilines is 1. The molecule has 0 aliphatic rings. The van der Waals surface area contributed by atoms with E-state index in [-0.39, 0.29) is 11.3 Å². The first-order valence-electron chi connectivity index (χ1n) is 6.73. The summed E-state index contributed by atoms with van der Waals surface area (Å²) < 4.78 is 1.09. The van der Waals surface area contributed by atoms with Crippen LogP contribution in [-0.4, -0.2) is 27.7 Å². The molecule has 8 nitrogen and oxygen atoms in total. The summed E-state index contributed by atoms with van der Waals surface area (Å²) >= 11 is 0. The lowest BCUT2D eigenvalue weighted by atomic mass is 10.1. The molecule has 0 radical (unpaired) electrons. The molecule has 0 fully saturated rings. The number of rotatable bonds is 3. The zero-order valence-corrected chi connectivity index (χ0v) is 12.1. The van der Waals surface area contributed by atoms with Crippen LogP contribution in [-0.2, 0) is 0 Å².